The number of fused-ring (bicyclic) bond motifs is 2. The number of anilines is 1. The largest absolute Gasteiger partial charge is 0.495 e. The van der Waals surface area contributed by atoms with Crippen molar-refractivity contribution in [1.82, 2.24) is 4.98 Å². The second kappa shape index (κ2) is 7.98. The molecule has 7 heteroatoms. The topological polar surface area (TPSA) is 69.7 Å². The molecule has 0 fully saturated rings. The molecule has 0 bridgehead atoms. The second-order valence-electron chi connectivity index (χ2n) is 6.24. The number of thioether (sulfide) groups is 1. The molecule has 0 radical (unpaired) electrons. The van der Waals surface area contributed by atoms with Crippen LogP contribution in [0.3, 0.4) is 0 Å². The van der Waals surface area contributed by atoms with E-state index in [1.54, 1.807) is 7.11 Å². The van der Waals surface area contributed by atoms with Gasteiger partial charge in [0.1, 0.15) is 10.8 Å². The molecule has 1 N–H and O–H groups in total. The summed E-state index contributed by atoms with van der Waals surface area (Å²) in [6, 6.07) is 13.3. The van der Waals surface area contributed by atoms with Crippen LogP contribution in [-0.4, -0.2) is 30.5 Å². The summed E-state index contributed by atoms with van der Waals surface area (Å²) in [5, 5.41) is 4.75. The van der Waals surface area contributed by atoms with Gasteiger partial charge in [0.2, 0.25) is 12.7 Å². The predicted octanol–water partition coefficient (Wildman–Crippen LogP) is 4.27. The van der Waals surface area contributed by atoms with E-state index in [4.69, 9.17) is 19.2 Å². The number of carbonyl (C=O) groups is 1. The fourth-order valence-electron chi connectivity index (χ4n) is 3.04. The van der Waals surface area contributed by atoms with E-state index in [9.17, 15) is 4.79 Å². The van der Waals surface area contributed by atoms with Gasteiger partial charge in [0, 0.05) is 11.5 Å². The highest BCUT2D eigenvalue weighted by atomic mass is 32.2. The van der Waals surface area contributed by atoms with Gasteiger partial charge in [0.15, 0.2) is 11.5 Å². The maximum Gasteiger partial charge on any atom is 0.234 e. The molecule has 0 spiro atoms. The van der Waals surface area contributed by atoms with Crippen LogP contribution in [0.5, 0.6) is 17.2 Å². The number of pyridine rings is 1. The Morgan fingerprint density at radius 3 is 2.79 bits per heavy atom. The first-order valence-corrected chi connectivity index (χ1v) is 9.95. The van der Waals surface area contributed by atoms with Crippen molar-refractivity contribution in [3.63, 3.8) is 0 Å². The molecule has 1 amide bonds. The molecule has 4 rings (SSSR count). The summed E-state index contributed by atoms with van der Waals surface area (Å²) < 4.78 is 16.2. The van der Waals surface area contributed by atoms with Crippen molar-refractivity contribution >= 4 is 34.3 Å². The maximum atomic E-state index is 12.4. The second-order valence-corrected chi connectivity index (χ2v) is 7.21. The predicted molar refractivity (Wildman–Crippen MR) is 110 cm³/mol. The average molecular weight is 396 g/mol. The van der Waals surface area contributed by atoms with Crippen LogP contribution in [-0.2, 0) is 11.2 Å². The van der Waals surface area contributed by atoms with Gasteiger partial charge in [0.05, 0.1) is 24.1 Å². The highest BCUT2D eigenvalue weighted by molar-refractivity contribution is 8.00. The molecule has 6 nitrogen and oxygen atoms in total. The third-order valence-corrected chi connectivity index (χ3v) is 5.48. The first-order valence-electron chi connectivity index (χ1n) is 8.97. The van der Waals surface area contributed by atoms with Gasteiger partial charge in [-0.2, -0.15) is 0 Å². The molecular formula is C21H20N2O4S. The van der Waals surface area contributed by atoms with Crippen LogP contribution in [0.4, 0.5) is 5.69 Å². The number of methoxy groups -OCH3 is 1. The van der Waals surface area contributed by atoms with Gasteiger partial charge in [-0.25, -0.2) is 4.98 Å². The highest BCUT2D eigenvalue weighted by Gasteiger charge is 2.17. The molecule has 0 saturated heterocycles. The number of benzene rings is 2. The number of hydrogen-bond acceptors (Lipinski definition) is 6. The van der Waals surface area contributed by atoms with E-state index < -0.39 is 0 Å². The molecule has 0 aliphatic carbocycles. The Morgan fingerprint density at radius 2 is 2.00 bits per heavy atom. The van der Waals surface area contributed by atoms with Crippen molar-refractivity contribution in [2.45, 2.75) is 18.4 Å². The van der Waals surface area contributed by atoms with E-state index >= 15 is 0 Å². The zero-order valence-electron chi connectivity index (χ0n) is 15.7. The number of nitrogens with zero attached hydrogens (tertiary/aromatic N) is 1. The summed E-state index contributed by atoms with van der Waals surface area (Å²) in [6.45, 7) is 2.31. The van der Waals surface area contributed by atoms with Gasteiger partial charge in [-0.15, -0.1) is 0 Å². The van der Waals surface area contributed by atoms with Crippen LogP contribution in [0.2, 0.25) is 0 Å². The Bertz CT molecular complexity index is 1040. The number of aromatic nitrogens is 1. The van der Waals surface area contributed by atoms with E-state index in [0.717, 1.165) is 33.7 Å². The molecule has 2 aromatic carbocycles. The zero-order valence-corrected chi connectivity index (χ0v) is 16.5. The summed E-state index contributed by atoms with van der Waals surface area (Å²) >= 11 is 1.42. The molecular weight excluding hydrogens is 376 g/mol. The standard InChI is InChI=1S/C21H20N2O4S/c1-3-13-8-14-9-18-19(27-12-26-18)10-16(14)23-21(13)28-11-20(24)22-15-6-4-5-7-17(15)25-2/h4-10H,3,11-12H2,1-2H3,(H,22,24). The number of nitrogens with one attached hydrogen (secondary N) is 1. The van der Waals surface area contributed by atoms with E-state index in [1.807, 2.05) is 36.4 Å². The van der Waals surface area contributed by atoms with Crippen LogP contribution in [0.1, 0.15) is 12.5 Å². The van der Waals surface area contributed by atoms with Crippen LogP contribution in [0.25, 0.3) is 10.9 Å². The number of carbonyl (C=O) groups excluding carboxylic acids is 1. The Labute approximate surface area is 167 Å². The van der Waals surface area contributed by atoms with Crippen molar-refractivity contribution in [3.05, 3.63) is 48.0 Å². The van der Waals surface area contributed by atoms with Crippen LogP contribution in [0, 0.1) is 0 Å². The van der Waals surface area contributed by atoms with Gasteiger partial charge < -0.3 is 19.5 Å². The molecule has 0 saturated carbocycles. The van der Waals surface area contributed by atoms with Crippen LogP contribution in [0.15, 0.2) is 47.5 Å². The first kappa shape index (κ1) is 18.4. The molecule has 0 atom stereocenters. The van der Waals surface area contributed by atoms with E-state index in [2.05, 4.69) is 18.3 Å². The van der Waals surface area contributed by atoms with E-state index in [-0.39, 0.29) is 18.5 Å². The summed E-state index contributed by atoms with van der Waals surface area (Å²) in [6.07, 6.45) is 0.827. The lowest BCUT2D eigenvalue weighted by Crippen LogP contribution is -2.15. The molecule has 144 valence electrons. The monoisotopic (exact) mass is 396 g/mol. The fourth-order valence-corrected chi connectivity index (χ4v) is 3.93. The molecule has 1 aromatic heterocycles. The van der Waals surface area contributed by atoms with E-state index in [1.165, 1.54) is 11.8 Å². The lowest BCUT2D eigenvalue weighted by atomic mass is 10.1. The van der Waals surface area contributed by atoms with Crippen LogP contribution < -0.4 is 19.5 Å². The van der Waals surface area contributed by atoms with Crippen molar-refractivity contribution in [2.75, 3.05) is 25.0 Å². The Hall–Kier alpha value is -2.93. The lowest BCUT2D eigenvalue weighted by molar-refractivity contribution is -0.113. The zero-order chi connectivity index (χ0) is 19.5. The lowest BCUT2D eigenvalue weighted by Gasteiger charge is -2.11. The molecule has 0 unspecified atom stereocenters. The quantitative estimate of drug-likeness (QED) is 0.628. The average Bonchev–Trinajstić information content (AvgIpc) is 3.17. The van der Waals surface area contributed by atoms with Crippen molar-refractivity contribution < 1.29 is 19.0 Å². The molecule has 3 aromatic rings. The van der Waals surface area contributed by atoms with Gasteiger partial charge in [-0.1, -0.05) is 30.8 Å². The third kappa shape index (κ3) is 3.71. The Balaban J connectivity index is 1.52. The first-order chi connectivity index (χ1) is 13.7. The minimum atomic E-state index is -0.107. The summed E-state index contributed by atoms with van der Waals surface area (Å²) in [5.41, 5.74) is 2.58. The van der Waals surface area contributed by atoms with Gasteiger partial charge in [-0.3, -0.25) is 4.79 Å². The van der Waals surface area contributed by atoms with Crippen molar-refractivity contribution in [3.8, 4) is 17.2 Å². The normalized spacial score (nSPS) is 12.2. The molecule has 28 heavy (non-hydrogen) atoms. The SMILES string of the molecule is CCc1cc2cc3c(cc2nc1SCC(=O)Nc1ccccc1OC)OCO3. The summed E-state index contributed by atoms with van der Waals surface area (Å²) in [7, 11) is 1.58. The number of hydrogen-bond donors (Lipinski definition) is 1. The van der Waals surface area contributed by atoms with Crippen molar-refractivity contribution in [1.29, 1.82) is 0 Å². The summed E-state index contributed by atoms with van der Waals surface area (Å²) in [4.78, 5) is 17.2. The third-order valence-electron chi connectivity index (χ3n) is 4.45. The number of ether oxygens (including phenoxy) is 3. The number of amides is 1. The molecule has 2 heterocycles. The Morgan fingerprint density at radius 1 is 1.21 bits per heavy atom. The highest BCUT2D eigenvalue weighted by Crippen LogP contribution is 2.37. The minimum absolute atomic E-state index is 0.107. The van der Waals surface area contributed by atoms with Gasteiger partial charge >= 0.3 is 0 Å². The van der Waals surface area contributed by atoms with E-state index in [0.29, 0.717) is 17.2 Å². The molecule has 1 aliphatic heterocycles. The summed E-state index contributed by atoms with van der Waals surface area (Å²) in [5.74, 6) is 2.23. The van der Waals surface area contributed by atoms with Crippen LogP contribution >= 0.6 is 11.8 Å². The number of aryl methyl sites for hydroxylation is 1. The number of rotatable bonds is 6. The van der Waals surface area contributed by atoms with Gasteiger partial charge in [0.25, 0.3) is 0 Å². The van der Waals surface area contributed by atoms with Crippen molar-refractivity contribution in [2.24, 2.45) is 0 Å². The fraction of sp³-hybridized carbons (Fsp3) is 0.238. The Kier molecular flexibility index (Phi) is 5.25. The number of para-hydroxylation sites is 2. The van der Waals surface area contributed by atoms with Gasteiger partial charge in [-0.05, 0) is 36.2 Å². The minimum Gasteiger partial charge on any atom is -0.495 e. The maximum absolute atomic E-state index is 12.4. The molecule has 1 aliphatic rings. The smallest absolute Gasteiger partial charge is 0.234 e.